The molecule has 0 aromatic carbocycles. The van der Waals surface area contributed by atoms with Crippen LogP contribution in [0.25, 0.3) is 0 Å². The third-order valence-electron chi connectivity index (χ3n) is 2.66. The van der Waals surface area contributed by atoms with Crippen LogP contribution in [0.5, 0.6) is 0 Å². The third-order valence-corrected chi connectivity index (χ3v) is 7.79. The zero-order valence-corrected chi connectivity index (χ0v) is 15.2. The fraction of sp³-hybridized carbons (Fsp3) is 0.800. The van der Waals surface area contributed by atoms with E-state index in [1.54, 1.807) is 4.44 Å². The third kappa shape index (κ3) is 18.4. The first-order chi connectivity index (χ1) is 8.62. The zero-order valence-electron chi connectivity index (χ0n) is 12.4. The van der Waals surface area contributed by atoms with Gasteiger partial charge in [0.1, 0.15) is 0 Å². The van der Waals surface area contributed by atoms with Gasteiger partial charge in [0.15, 0.2) is 0 Å². The number of carboxylic acids is 1. The topological polar surface area (TPSA) is 37.3 Å². The number of aliphatic carboxylic acids is 1. The van der Waals surface area contributed by atoms with E-state index in [2.05, 4.69) is 27.4 Å². The summed E-state index contributed by atoms with van der Waals surface area (Å²) in [7, 11) is 0. The zero-order chi connectivity index (χ0) is 14.2. The summed E-state index contributed by atoms with van der Waals surface area (Å²) in [6.45, 7) is 9.95. The van der Waals surface area contributed by atoms with E-state index in [1.165, 1.54) is 48.9 Å². The molecule has 0 aliphatic heterocycles. The molecule has 0 amide bonds. The molecule has 0 aliphatic rings. The molecular weight excluding hydrogens is 331 g/mol. The maximum absolute atomic E-state index is 9.25. The fourth-order valence-electron chi connectivity index (χ4n) is 1.73. The van der Waals surface area contributed by atoms with E-state index in [9.17, 15) is 4.79 Å². The van der Waals surface area contributed by atoms with Gasteiger partial charge < -0.3 is 5.11 Å². The molecule has 0 aromatic rings. The molecule has 18 heavy (non-hydrogen) atoms. The molecule has 0 saturated heterocycles. The molecule has 0 heterocycles. The molecule has 0 aliphatic carbocycles. The standard InChI is InChI=1S/C7H15.C5H11.C3H4O2.Sn/c1-3-5-7-6-4-2;1-3-5-4-2;1-2-3(4)5;/h7H,3-6H2,1-2H3;1,3-5H2,2H3;2H,1H2,(H,4,5);. The molecule has 2 radical (unpaired) electrons. The molecule has 0 rings (SSSR count). The minimum atomic E-state index is -0.981. The van der Waals surface area contributed by atoms with Gasteiger partial charge in [-0.1, -0.05) is 6.58 Å². The molecular formula is C15H30O2Sn. The number of hydrogen-bond donors (Lipinski definition) is 1. The van der Waals surface area contributed by atoms with E-state index in [0.29, 0.717) is 0 Å². The van der Waals surface area contributed by atoms with E-state index in [4.69, 9.17) is 5.11 Å². The van der Waals surface area contributed by atoms with E-state index in [1.807, 2.05) is 0 Å². The quantitative estimate of drug-likeness (QED) is 0.340. The van der Waals surface area contributed by atoms with Gasteiger partial charge in [0.05, 0.1) is 0 Å². The first-order valence-electron chi connectivity index (χ1n) is 7.20. The second kappa shape index (κ2) is 17.0. The first-order valence-corrected chi connectivity index (χ1v) is 10.9. The molecule has 3 heteroatoms. The van der Waals surface area contributed by atoms with Gasteiger partial charge in [0.2, 0.25) is 0 Å². The Labute approximate surface area is 123 Å². The van der Waals surface area contributed by atoms with Crippen molar-refractivity contribution in [3.8, 4) is 0 Å². The molecule has 0 atom stereocenters. The molecule has 1 N–H and O–H groups in total. The average molecular weight is 361 g/mol. The predicted octanol–water partition coefficient (Wildman–Crippen LogP) is 4.94. The van der Waals surface area contributed by atoms with E-state index in [0.717, 1.165) is 6.08 Å². The Morgan fingerprint density at radius 1 is 1.17 bits per heavy atom. The minimum absolute atomic E-state index is 0.0131. The molecule has 0 bridgehead atoms. The van der Waals surface area contributed by atoms with Crippen LogP contribution in [0.1, 0.15) is 65.7 Å². The molecule has 2 nitrogen and oxygen atoms in total. The van der Waals surface area contributed by atoms with Gasteiger partial charge in [-0.25, -0.2) is 4.79 Å². The van der Waals surface area contributed by atoms with Crippen molar-refractivity contribution in [3.05, 3.63) is 12.7 Å². The van der Waals surface area contributed by atoms with Gasteiger partial charge in [-0.15, -0.1) is 0 Å². The summed E-state index contributed by atoms with van der Waals surface area (Å²) in [4.78, 5) is 9.25. The molecule has 0 fully saturated rings. The Balaban J connectivity index is 0. The SMILES string of the molecule is C=CC(=O)O.CCCC[CH2][Sn][CH](CCC)CCC. The van der Waals surface area contributed by atoms with Crippen LogP contribution < -0.4 is 0 Å². The second-order valence-electron chi connectivity index (χ2n) is 4.48. The summed E-state index contributed by atoms with van der Waals surface area (Å²) in [5, 5.41) is 7.60. The fourth-order valence-corrected chi connectivity index (χ4v) is 7.00. The van der Waals surface area contributed by atoms with Crippen molar-refractivity contribution in [2.75, 3.05) is 0 Å². The Kier molecular flexibility index (Phi) is 19.2. The normalized spacial score (nSPS) is 9.78. The van der Waals surface area contributed by atoms with E-state index < -0.39 is 5.97 Å². The Bertz CT molecular complexity index is 187. The van der Waals surface area contributed by atoms with Crippen molar-refractivity contribution in [2.24, 2.45) is 0 Å². The number of unbranched alkanes of at least 4 members (excludes halogenated alkanes) is 2. The molecule has 0 spiro atoms. The van der Waals surface area contributed by atoms with Crippen molar-refractivity contribution < 1.29 is 9.90 Å². The van der Waals surface area contributed by atoms with Crippen LogP contribution in [0.3, 0.4) is 0 Å². The van der Waals surface area contributed by atoms with Crippen LogP contribution >= 0.6 is 0 Å². The summed E-state index contributed by atoms with van der Waals surface area (Å²) >= 11 is 0.0131. The van der Waals surface area contributed by atoms with Crippen LogP contribution in [-0.4, -0.2) is 32.2 Å². The summed E-state index contributed by atoms with van der Waals surface area (Å²) in [5.74, 6) is -0.981. The number of rotatable bonds is 10. The monoisotopic (exact) mass is 362 g/mol. The molecule has 0 unspecified atom stereocenters. The van der Waals surface area contributed by atoms with Gasteiger partial charge in [-0.3, -0.25) is 0 Å². The van der Waals surface area contributed by atoms with E-state index in [-0.39, 0.29) is 21.1 Å². The Hall–Kier alpha value is 0.00870. The summed E-state index contributed by atoms with van der Waals surface area (Å²) in [5.41, 5.74) is 0. The van der Waals surface area contributed by atoms with Gasteiger partial charge in [0.25, 0.3) is 0 Å². The van der Waals surface area contributed by atoms with Crippen molar-refractivity contribution >= 4 is 27.1 Å². The molecule has 106 valence electrons. The first kappa shape index (κ1) is 20.3. The molecule has 0 aromatic heterocycles. The predicted molar refractivity (Wildman–Crippen MR) is 81.5 cm³/mol. The number of hydrogen-bond acceptors (Lipinski definition) is 1. The summed E-state index contributed by atoms with van der Waals surface area (Å²) < 4.78 is 2.84. The van der Waals surface area contributed by atoms with Crippen molar-refractivity contribution in [1.82, 2.24) is 0 Å². The summed E-state index contributed by atoms with van der Waals surface area (Å²) in [6, 6.07) is 0. The van der Waals surface area contributed by atoms with Crippen LogP contribution in [-0.2, 0) is 4.79 Å². The molecule has 0 saturated carbocycles. The maximum atomic E-state index is 9.25. The second-order valence-corrected chi connectivity index (χ2v) is 9.40. The van der Waals surface area contributed by atoms with Gasteiger partial charge >= 0.3 is 101 Å². The van der Waals surface area contributed by atoms with Gasteiger partial charge in [-0.2, -0.15) is 0 Å². The summed E-state index contributed by atoms with van der Waals surface area (Å²) in [6.07, 6.45) is 11.1. The van der Waals surface area contributed by atoms with Crippen LogP contribution in [0.2, 0.25) is 8.37 Å². The Morgan fingerprint density at radius 3 is 2.00 bits per heavy atom. The Morgan fingerprint density at radius 2 is 1.67 bits per heavy atom. The van der Waals surface area contributed by atoms with Gasteiger partial charge in [0, 0.05) is 6.08 Å². The van der Waals surface area contributed by atoms with Crippen molar-refractivity contribution in [1.29, 1.82) is 0 Å². The van der Waals surface area contributed by atoms with Crippen LogP contribution in [0.15, 0.2) is 12.7 Å². The van der Waals surface area contributed by atoms with Crippen molar-refractivity contribution in [3.63, 3.8) is 0 Å². The van der Waals surface area contributed by atoms with Crippen LogP contribution in [0, 0.1) is 0 Å². The van der Waals surface area contributed by atoms with E-state index >= 15 is 0 Å². The van der Waals surface area contributed by atoms with Crippen LogP contribution in [0.4, 0.5) is 0 Å². The number of carbonyl (C=O) groups is 1. The van der Waals surface area contributed by atoms with Crippen molar-refractivity contribution in [2.45, 2.75) is 74.1 Å². The number of carboxylic acid groups (broad SMARTS) is 1. The van der Waals surface area contributed by atoms with Gasteiger partial charge in [-0.05, 0) is 0 Å². The average Bonchev–Trinajstić information content (AvgIpc) is 2.36.